The summed E-state index contributed by atoms with van der Waals surface area (Å²) in [7, 11) is 6.87. The van der Waals surface area contributed by atoms with Crippen LogP contribution in [-0.4, -0.2) is 28.4 Å². The number of nitrogens with zero attached hydrogens (tertiary/aromatic N) is 2. The van der Waals surface area contributed by atoms with Crippen LogP contribution in [0.25, 0.3) is 32.7 Å². The van der Waals surface area contributed by atoms with Crippen LogP contribution in [0.15, 0.2) is 158 Å². The average Bonchev–Trinajstić information content (AvgIpc) is 3.24. The van der Waals surface area contributed by atoms with Gasteiger partial charge in [-0.15, -0.1) is 0 Å². The van der Waals surface area contributed by atoms with Crippen LogP contribution in [0.5, 0.6) is 23.0 Å². The lowest BCUT2D eigenvalue weighted by atomic mass is 9.98. The van der Waals surface area contributed by atoms with E-state index in [0.717, 1.165) is 101 Å². The Morgan fingerprint density at radius 1 is 0.375 bits per heavy atom. The second-order valence-corrected chi connectivity index (χ2v) is 13.7. The van der Waals surface area contributed by atoms with E-state index in [2.05, 4.69) is 145 Å². The standard InChI is InChI=1S/C50H44N2O4/c1-33-29-35(25-27-43(33)51(39-19-9-7-10-20-39)47-45(53-3)31-37-17-13-15-23-41(37)49(47)55-5)36-26-28-44(34(2)30-36)52(40-21-11-8-12-22-40)48-46(54-4)32-38-18-14-16-24-42(38)50(48)56-6/h7-32H,1-6H3. The van der Waals surface area contributed by atoms with Crippen molar-refractivity contribution >= 4 is 55.7 Å². The summed E-state index contributed by atoms with van der Waals surface area (Å²) in [5, 5.41) is 4.12. The molecule has 0 amide bonds. The monoisotopic (exact) mass is 736 g/mol. The number of hydrogen-bond donors (Lipinski definition) is 0. The maximum atomic E-state index is 6.17. The molecule has 0 atom stereocenters. The van der Waals surface area contributed by atoms with Gasteiger partial charge >= 0.3 is 0 Å². The summed E-state index contributed by atoms with van der Waals surface area (Å²) in [5.41, 5.74) is 10.1. The van der Waals surface area contributed by atoms with E-state index >= 15 is 0 Å². The molecule has 0 heterocycles. The van der Waals surface area contributed by atoms with Crippen molar-refractivity contribution in [1.29, 1.82) is 0 Å². The molecule has 278 valence electrons. The quantitative estimate of drug-likeness (QED) is 0.132. The molecule has 8 aromatic carbocycles. The summed E-state index contributed by atoms with van der Waals surface area (Å²) >= 11 is 0. The Labute approximate surface area is 328 Å². The van der Waals surface area contributed by atoms with E-state index < -0.39 is 0 Å². The lowest BCUT2D eigenvalue weighted by Crippen LogP contribution is -2.14. The molecule has 0 fully saturated rings. The van der Waals surface area contributed by atoms with E-state index in [1.807, 2.05) is 36.4 Å². The van der Waals surface area contributed by atoms with Gasteiger partial charge in [0, 0.05) is 33.5 Å². The van der Waals surface area contributed by atoms with Crippen LogP contribution in [0.2, 0.25) is 0 Å². The molecule has 0 aliphatic carbocycles. The Bertz CT molecular complexity index is 2490. The zero-order valence-electron chi connectivity index (χ0n) is 32.5. The number of para-hydroxylation sites is 2. The average molecular weight is 737 g/mol. The molecule has 56 heavy (non-hydrogen) atoms. The molecule has 0 saturated heterocycles. The van der Waals surface area contributed by atoms with Crippen LogP contribution in [0.1, 0.15) is 11.1 Å². The summed E-state index contributed by atoms with van der Waals surface area (Å²) < 4.78 is 24.5. The molecule has 0 aliphatic heterocycles. The van der Waals surface area contributed by atoms with Crippen LogP contribution in [-0.2, 0) is 0 Å². The van der Waals surface area contributed by atoms with Crippen molar-refractivity contribution < 1.29 is 18.9 Å². The third-order valence-electron chi connectivity index (χ3n) is 10.4. The van der Waals surface area contributed by atoms with Gasteiger partial charge in [-0.25, -0.2) is 0 Å². The fraction of sp³-hybridized carbons (Fsp3) is 0.120. The molecule has 0 unspecified atom stereocenters. The first-order valence-corrected chi connectivity index (χ1v) is 18.6. The van der Waals surface area contributed by atoms with Crippen LogP contribution >= 0.6 is 0 Å². The molecular weight excluding hydrogens is 693 g/mol. The van der Waals surface area contributed by atoms with Gasteiger partial charge in [-0.3, -0.25) is 0 Å². The second-order valence-electron chi connectivity index (χ2n) is 13.7. The third-order valence-corrected chi connectivity index (χ3v) is 10.4. The number of anilines is 6. The van der Waals surface area contributed by atoms with E-state index in [1.54, 1.807) is 28.4 Å². The summed E-state index contributed by atoms with van der Waals surface area (Å²) in [4.78, 5) is 4.47. The van der Waals surface area contributed by atoms with Gasteiger partial charge in [0.1, 0.15) is 22.9 Å². The van der Waals surface area contributed by atoms with Gasteiger partial charge < -0.3 is 28.7 Å². The zero-order chi connectivity index (χ0) is 38.8. The SMILES string of the molecule is COc1cc2ccccc2c(OC)c1N(c1ccccc1)c1ccc(-c2ccc(N(c3ccccc3)c3c(OC)cc4ccccc4c3OC)c(C)c2)cc1C. The largest absolute Gasteiger partial charge is 0.494 e. The number of benzene rings is 8. The van der Waals surface area contributed by atoms with Gasteiger partial charge in [-0.2, -0.15) is 0 Å². The van der Waals surface area contributed by atoms with E-state index in [9.17, 15) is 0 Å². The molecule has 8 aromatic rings. The summed E-state index contributed by atoms with van der Waals surface area (Å²) in [5.74, 6) is 2.95. The zero-order valence-corrected chi connectivity index (χ0v) is 32.5. The Kier molecular flexibility index (Phi) is 9.95. The predicted molar refractivity (Wildman–Crippen MR) is 232 cm³/mol. The van der Waals surface area contributed by atoms with E-state index in [1.165, 1.54) is 0 Å². The summed E-state index contributed by atoms with van der Waals surface area (Å²) in [6.07, 6.45) is 0. The number of ether oxygens (including phenoxy) is 4. The van der Waals surface area contributed by atoms with Crippen LogP contribution in [0.3, 0.4) is 0 Å². The van der Waals surface area contributed by atoms with E-state index in [0.29, 0.717) is 0 Å². The molecule has 0 aromatic heterocycles. The highest BCUT2D eigenvalue weighted by Gasteiger charge is 2.27. The van der Waals surface area contributed by atoms with E-state index in [-0.39, 0.29) is 0 Å². The van der Waals surface area contributed by atoms with Crippen molar-refractivity contribution in [3.05, 3.63) is 169 Å². The smallest absolute Gasteiger partial charge is 0.154 e. The van der Waals surface area contributed by atoms with Crippen molar-refractivity contribution in [2.24, 2.45) is 0 Å². The molecule has 0 radical (unpaired) electrons. The van der Waals surface area contributed by atoms with Crippen LogP contribution < -0.4 is 28.7 Å². The first-order chi connectivity index (χ1) is 27.4. The number of rotatable bonds is 11. The highest BCUT2D eigenvalue weighted by atomic mass is 16.5. The minimum Gasteiger partial charge on any atom is -0.494 e. The Morgan fingerprint density at radius 2 is 0.750 bits per heavy atom. The van der Waals surface area contributed by atoms with Gasteiger partial charge in [0.25, 0.3) is 0 Å². The van der Waals surface area contributed by atoms with Gasteiger partial charge in [-0.1, -0.05) is 97.1 Å². The molecular formula is C50H44N2O4. The predicted octanol–water partition coefficient (Wildman–Crippen LogP) is 13.3. The number of fused-ring (bicyclic) bond motifs is 2. The van der Waals surface area contributed by atoms with Crippen molar-refractivity contribution in [2.75, 3.05) is 38.2 Å². The fourth-order valence-electron chi connectivity index (χ4n) is 7.81. The van der Waals surface area contributed by atoms with Crippen molar-refractivity contribution in [3.63, 3.8) is 0 Å². The first-order valence-electron chi connectivity index (χ1n) is 18.6. The normalized spacial score (nSPS) is 11.0. The topological polar surface area (TPSA) is 43.4 Å². The molecule has 0 aliphatic rings. The molecule has 6 heteroatoms. The Hall–Kier alpha value is -6.92. The van der Waals surface area contributed by atoms with Crippen molar-refractivity contribution in [1.82, 2.24) is 0 Å². The highest BCUT2D eigenvalue weighted by Crippen LogP contribution is 2.52. The molecule has 0 bridgehead atoms. The number of hydrogen-bond acceptors (Lipinski definition) is 6. The maximum absolute atomic E-state index is 6.17. The third kappa shape index (κ3) is 6.39. The molecule has 0 spiro atoms. The molecule has 0 saturated carbocycles. The lowest BCUT2D eigenvalue weighted by Gasteiger charge is -2.31. The molecule has 8 rings (SSSR count). The summed E-state index contributed by atoms with van der Waals surface area (Å²) in [6, 6.07) is 54.6. The van der Waals surface area contributed by atoms with Gasteiger partial charge in [0.2, 0.25) is 0 Å². The minimum absolute atomic E-state index is 0.724. The van der Waals surface area contributed by atoms with Gasteiger partial charge in [0.05, 0.1) is 28.4 Å². The Morgan fingerprint density at radius 3 is 1.11 bits per heavy atom. The van der Waals surface area contributed by atoms with Gasteiger partial charge in [-0.05, 0) is 108 Å². The minimum atomic E-state index is 0.724. The van der Waals surface area contributed by atoms with E-state index in [4.69, 9.17) is 18.9 Å². The maximum Gasteiger partial charge on any atom is 0.154 e. The highest BCUT2D eigenvalue weighted by molar-refractivity contribution is 6.02. The molecule has 0 N–H and O–H groups in total. The molecule has 6 nitrogen and oxygen atoms in total. The Balaban J connectivity index is 1.25. The number of aryl methyl sites for hydroxylation is 2. The van der Waals surface area contributed by atoms with Gasteiger partial charge in [0.15, 0.2) is 11.5 Å². The van der Waals surface area contributed by atoms with Crippen LogP contribution in [0.4, 0.5) is 34.1 Å². The van der Waals surface area contributed by atoms with Crippen LogP contribution in [0, 0.1) is 13.8 Å². The summed E-state index contributed by atoms with van der Waals surface area (Å²) in [6.45, 7) is 4.32. The fourth-order valence-corrected chi connectivity index (χ4v) is 7.81. The lowest BCUT2D eigenvalue weighted by molar-refractivity contribution is 0.400. The second kappa shape index (κ2) is 15.4. The van der Waals surface area contributed by atoms with Crippen molar-refractivity contribution in [3.8, 4) is 34.1 Å². The van der Waals surface area contributed by atoms with Crippen molar-refractivity contribution in [2.45, 2.75) is 13.8 Å². The number of methoxy groups -OCH3 is 4. The first kappa shape index (κ1) is 36.1.